The molecule has 0 aromatic heterocycles. The van der Waals surface area contributed by atoms with Crippen LogP contribution in [0.2, 0.25) is 0 Å². The maximum atomic E-state index is 10.7. The second kappa shape index (κ2) is 5.00. The highest BCUT2D eigenvalue weighted by atomic mass is 16.4. The van der Waals surface area contributed by atoms with E-state index in [1.807, 2.05) is 6.08 Å². The van der Waals surface area contributed by atoms with Gasteiger partial charge in [-0.2, -0.15) is 0 Å². The standard InChI is InChI=1S/C13H21NO2/c1-10(13(15)16)7-9-14-8-3-5-11-4-2-6-12(11)14/h7,11-12H,2-6,8-9H2,1H3,(H,15,16). The summed E-state index contributed by atoms with van der Waals surface area (Å²) in [6.45, 7) is 3.64. The first-order valence-corrected chi connectivity index (χ1v) is 6.32. The van der Waals surface area contributed by atoms with Crippen LogP contribution in [0.1, 0.15) is 39.0 Å². The molecule has 0 spiro atoms. The Bertz CT molecular complexity index is 298. The third-order valence-corrected chi connectivity index (χ3v) is 4.08. The van der Waals surface area contributed by atoms with Crippen LogP contribution in [0.4, 0.5) is 0 Å². The SMILES string of the molecule is CC(=CCN1CCCC2CCCC21)C(=O)O. The van der Waals surface area contributed by atoms with E-state index in [1.54, 1.807) is 6.92 Å². The fourth-order valence-electron chi connectivity index (χ4n) is 3.13. The summed E-state index contributed by atoms with van der Waals surface area (Å²) in [5, 5.41) is 8.81. The minimum absolute atomic E-state index is 0.472. The van der Waals surface area contributed by atoms with E-state index in [0.717, 1.165) is 25.0 Å². The van der Waals surface area contributed by atoms with Gasteiger partial charge in [0.25, 0.3) is 0 Å². The molecule has 90 valence electrons. The van der Waals surface area contributed by atoms with Crippen molar-refractivity contribution >= 4 is 5.97 Å². The number of carboxylic acids is 1. The lowest BCUT2D eigenvalue weighted by molar-refractivity contribution is -0.132. The van der Waals surface area contributed by atoms with E-state index in [0.29, 0.717) is 5.57 Å². The van der Waals surface area contributed by atoms with Gasteiger partial charge >= 0.3 is 5.97 Å². The summed E-state index contributed by atoms with van der Waals surface area (Å²) in [7, 11) is 0. The van der Waals surface area contributed by atoms with Crippen LogP contribution in [0, 0.1) is 5.92 Å². The Balaban J connectivity index is 1.93. The molecule has 1 saturated heterocycles. The molecule has 2 unspecified atom stereocenters. The number of hydrogen-bond acceptors (Lipinski definition) is 2. The van der Waals surface area contributed by atoms with Gasteiger partial charge in [-0.1, -0.05) is 12.5 Å². The molecule has 2 rings (SSSR count). The van der Waals surface area contributed by atoms with Gasteiger partial charge in [-0.3, -0.25) is 4.90 Å². The number of nitrogens with zero attached hydrogens (tertiary/aromatic N) is 1. The predicted octanol–water partition coefficient (Wildman–Crippen LogP) is 2.28. The van der Waals surface area contributed by atoms with Crippen molar-refractivity contribution in [2.24, 2.45) is 5.92 Å². The van der Waals surface area contributed by atoms with Gasteiger partial charge in [-0.15, -0.1) is 0 Å². The molecule has 0 radical (unpaired) electrons. The second-order valence-electron chi connectivity index (χ2n) is 5.09. The van der Waals surface area contributed by atoms with Crippen LogP contribution >= 0.6 is 0 Å². The molecule has 3 heteroatoms. The molecule has 2 aliphatic rings. The van der Waals surface area contributed by atoms with Crippen molar-refractivity contribution in [3.8, 4) is 0 Å². The zero-order chi connectivity index (χ0) is 11.5. The van der Waals surface area contributed by atoms with Crippen LogP contribution in [0.5, 0.6) is 0 Å². The quantitative estimate of drug-likeness (QED) is 0.746. The van der Waals surface area contributed by atoms with Gasteiger partial charge in [0.15, 0.2) is 0 Å². The average molecular weight is 223 g/mol. The van der Waals surface area contributed by atoms with Crippen molar-refractivity contribution in [3.63, 3.8) is 0 Å². The molecular formula is C13H21NO2. The van der Waals surface area contributed by atoms with Gasteiger partial charge in [-0.25, -0.2) is 4.79 Å². The van der Waals surface area contributed by atoms with E-state index in [1.165, 1.54) is 32.1 Å². The molecule has 0 aromatic rings. The monoisotopic (exact) mass is 223 g/mol. The summed E-state index contributed by atoms with van der Waals surface area (Å²) in [5.41, 5.74) is 0.472. The number of carboxylic acid groups (broad SMARTS) is 1. The lowest BCUT2D eigenvalue weighted by atomic mass is 9.92. The molecule has 1 N–H and O–H groups in total. The van der Waals surface area contributed by atoms with E-state index >= 15 is 0 Å². The third-order valence-electron chi connectivity index (χ3n) is 4.08. The summed E-state index contributed by atoms with van der Waals surface area (Å²) in [5.74, 6) is 0.0901. The van der Waals surface area contributed by atoms with Gasteiger partial charge in [0.1, 0.15) is 0 Å². The Kier molecular flexibility index (Phi) is 3.64. The summed E-state index contributed by atoms with van der Waals surface area (Å²) in [6, 6.07) is 0.728. The van der Waals surface area contributed by atoms with E-state index < -0.39 is 5.97 Å². The number of carbonyl (C=O) groups is 1. The first kappa shape index (κ1) is 11.6. The zero-order valence-corrected chi connectivity index (χ0v) is 9.98. The van der Waals surface area contributed by atoms with Gasteiger partial charge in [-0.05, 0) is 45.1 Å². The first-order chi connectivity index (χ1) is 7.68. The molecular weight excluding hydrogens is 202 g/mol. The van der Waals surface area contributed by atoms with Crippen LogP contribution in [0.25, 0.3) is 0 Å². The van der Waals surface area contributed by atoms with Crippen molar-refractivity contribution in [2.75, 3.05) is 13.1 Å². The van der Waals surface area contributed by atoms with Gasteiger partial charge in [0.2, 0.25) is 0 Å². The Labute approximate surface area is 97.1 Å². The van der Waals surface area contributed by atoms with E-state index in [9.17, 15) is 4.79 Å². The van der Waals surface area contributed by atoms with Crippen molar-refractivity contribution in [1.82, 2.24) is 4.90 Å². The number of likely N-dealkylation sites (tertiary alicyclic amines) is 1. The minimum Gasteiger partial charge on any atom is -0.478 e. The third kappa shape index (κ3) is 2.46. The van der Waals surface area contributed by atoms with Crippen molar-refractivity contribution < 1.29 is 9.90 Å². The lowest BCUT2D eigenvalue weighted by Crippen LogP contribution is -2.42. The molecule has 2 atom stereocenters. The van der Waals surface area contributed by atoms with Crippen LogP contribution in [0.15, 0.2) is 11.6 Å². The topological polar surface area (TPSA) is 40.5 Å². The summed E-state index contributed by atoms with van der Waals surface area (Å²) < 4.78 is 0. The molecule has 3 nitrogen and oxygen atoms in total. The maximum Gasteiger partial charge on any atom is 0.330 e. The predicted molar refractivity (Wildman–Crippen MR) is 63.3 cm³/mol. The molecule has 0 bridgehead atoms. The number of aliphatic carboxylic acids is 1. The zero-order valence-electron chi connectivity index (χ0n) is 9.98. The first-order valence-electron chi connectivity index (χ1n) is 6.32. The highest BCUT2D eigenvalue weighted by Gasteiger charge is 2.34. The van der Waals surface area contributed by atoms with Crippen LogP contribution in [0.3, 0.4) is 0 Å². The molecule has 0 amide bonds. The molecule has 2 fully saturated rings. The summed E-state index contributed by atoms with van der Waals surface area (Å²) in [6.07, 6.45) is 8.56. The highest BCUT2D eigenvalue weighted by Crippen LogP contribution is 2.36. The van der Waals surface area contributed by atoms with Gasteiger partial charge in [0, 0.05) is 18.2 Å². The Morgan fingerprint density at radius 3 is 2.88 bits per heavy atom. The summed E-state index contributed by atoms with van der Waals surface area (Å²) >= 11 is 0. The number of fused-ring (bicyclic) bond motifs is 1. The Morgan fingerprint density at radius 1 is 1.38 bits per heavy atom. The summed E-state index contributed by atoms with van der Waals surface area (Å²) in [4.78, 5) is 13.2. The maximum absolute atomic E-state index is 10.7. The van der Waals surface area contributed by atoms with Crippen LogP contribution in [-0.4, -0.2) is 35.1 Å². The van der Waals surface area contributed by atoms with Crippen molar-refractivity contribution in [3.05, 3.63) is 11.6 Å². The van der Waals surface area contributed by atoms with Gasteiger partial charge in [0.05, 0.1) is 0 Å². The minimum atomic E-state index is -0.792. The van der Waals surface area contributed by atoms with Crippen molar-refractivity contribution in [1.29, 1.82) is 0 Å². The fourth-order valence-corrected chi connectivity index (χ4v) is 3.13. The van der Waals surface area contributed by atoms with E-state index in [4.69, 9.17) is 5.11 Å². The molecule has 0 aromatic carbocycles. The average Bonchev–Trinajstić information content (AvgIpc) is 2.73. The number of hydrogen-bond donors (Lipinski definition) is 1. The second-order valence-corrected chi connectivity index (χ2v) is 5.09. The normalized spacial score (nSPS) is 31.4. The van der Waals surface area contributed by atoms with Crippen molar-refractivity contribution in [2.45, 2.75) is 45.1 Å². The van der Waals surface area contributed by atoms with Crippen LogP contribution < -0.4 is 0 Å². The van der Waals surface area contributed by atoms with E-state index in [-0.39, 0.29) is 0 Å². The Hall–Kier alpha value is -0.830. The smallest absolute Gasteiger partial charge is 0.330 e. The number of rotatable bonds is 3. The highest BCUT2D eigenvalue weighted by molar-refractivity contribution is 5.85. The van der Waals surface area contributed by atoms with Crippen LogP contribution in [-0.2, 0) is 4.79 Å². The Morgan fingerprint density at radius 2 is 2.12 bits per heavy atom. The van der Waals surface area contributed by atoms with Gasteiger partial charge < -0.3 is 5.11 Å². The fraction of sp³-hybridized carbons (Fsp3) is 0.769. The molecule has 1 heterocycles. The molecule has 1 aliphatic heterocycles. The number of piperidine rings is 1. The lowest BCUT2D eigenvalue weighted by Gasteiger charge is -2.37. The molecule has 1 saturated carbocycles. The largest absolute Gasteiger partial charge is 0.478 e. The molecule has 1 aliphatic carbocycles. The molecule has 16 heavy (non-hydrogen) atoms. The van der Waals surface area contributed by atoms with E-state index in [2.05, 4.69) is 4.90 Å².